The number of rotatable bonds is 6. The zero-order valence-corrected chi connectivity index (χ0v) is 16.6. The number of sulfonamides is 1. The van der Waals surface area contributed by atoms with Gasteiger partial charge in [0.05, 0.1) is 0 Å². The van der Waals surface area contributed by atoms with E-state index in [1.165, 1.54) is 9.18 Å². The van der Waals surface area contributed by atoms with Gasteiger partial charge in [0.25, 0.3) is 0 Å². The van der Waals surface area contributed by atoms with Gasteiger partial charge in [-0.2, -0.15) is 4.31 Å². The summed E-state index contributed by atoms with van der Waals surface area (Å²) >= 11 is 1.70. The van der Waals surface area contributed by atoms with Gasteiger partial charge < -0.3 is 9.42 Å². The van der Waals surface area contributed by atoms with Crippen LogP contribution in [0.4, 0.5) is 0 Å². The van der Waals surface area contributed by atoms with Gasteiger partial charge in [-0.15, -0.1) is 11.3 Å². The molecule has 1 amide bonds. The number of thiophene rings is 1. The van der Waals surface area contributed by atoms with Crippen LogP contribution in [0, 0.1) is 13.8 Å². The van der Waals surface area contributed by atoms with Gasteiger partial charge in [-0.25, -0.2) is 8.42 Å². The number of aryl methyl sites for hydroxylation is 3. The van der Waals surface area contributed by atoms with Gasteiger partial charge in [-0.3, -0.25) is 4.79 Å². The van der Waals surface area contributed by atoms with E-state index in [0.29, 0.717) is 44.1 Å². The molecule has 0 atom stereocenters. The molecular formula is C17H23N3O4S2. The number of hydrogen-bond donors (Lipinski definition) is 0. The molecule has 1 aliphatic rings. The maximum absolute atomic E-state index is 12.8. The molecule has 7 nitrogen and oxygen atoms in total. The topological polar surface area (TPSA) is 83.7 Å². The lowest BCUT2D eigenvalue weighted by Gasteiger charge is -2.34. The van der Waals surface area contributed by atoms with Crippen LogP contribution < -0.4 is 0 Å². The third-order valence-corrected chi connectivity index (χ3v) is 7.63. The fourth-order valence-corrected chi connectivity index (χ4v) is 5.64. The van der Waals surface area contributed by atoms with Gasteiger partial charge >= 0.3 is 0 Å². The van der Waals surface area contributed by atoms with Crippen LogP contribution in [0.3, 0.4) is 0 Å². The minimum Gasteiger partial charge on any atom is -0.360 e. The Kier molecular flexibility index (Phi) is 5.79. The third kappa shape index (κ3) is 3.99. The van der Waals surface area contributed by atoms with Crippen molar-refractivity contribution in [2.45, 2.75) is 38.0 Å². The average Bonchev–Trinajstić information content (AvgIpc) is 3.25. The number of amides is 1. The lowest BCUT2D eigenvalue weighted by atomic mass is 10.2. The first kappa shape index (κ1) is 19.1. The Morgan fingerprint density at radius 3 is 2.58 bits per heavy atom. The summed E-state index contributed by atoms with van der Waals surface area (Å²) in [6, 6.07) is 4.09. The maximum atomic E-state index is 12.8. The number of carbonyl (C=O) groups is 1. The van der Waals surface area contributed by atoms with E-state index in [4.69, 9.17) is 4.52 Å². The van der Waals surface area contributed by atoms with E-state index in [-0.39, 0.29) is 10.8 Å². The van der Waals surface area contributed by atoms with Gasteiger partial charge in [0.1, 0.15) is 10.6 Å². The third-order valence-electron chi connectivity index (χ3n) is 4.55. The number of piperazine rings is 1. The monoisotopic (exact) mass is 397 g/mol. The molecule has 9 heteroatoms. The second-order valence-corrected chi connectivity index (χ2v) is 9.28. The van der Waals surface area contributed by atoms with Crippen LogP contribution in [0.2, 0.25) is 0 Å². The Balaban J connectivity index is 1.53. The summed E-state index contributed by atoms with van der Waals surface area (Å²) in [7, 11) is -3.64. The first-order valence-electron chi connectivity index (χ1n) is 8.63. The van der Waals surface area contributed by atoms with Crippen molar-refractivity contribution in [1.29, 1.82) is 0 Å². The summed E-state index contributed by atoms with van der Waals surface area (Å²) in [6.07, 6.45) is 2.22. The lowest BCUT2D eigenvalue weighted by molar-refractivity contribution is -0.132. The summed E-state index contributed by atoms with van der Waals surface area (Å²) in [5, 5.41) is 5.77. The highest BCUT2D eigenvalue weighted by molar-refractivity contribution is 7.89. The van der Waals surface area contributed by atoms with Gasteiger partial charge in [0.2, 0.25) is 15.9 Å². The van der Waals surface area contributed by atoms with Crippen LogP contribution in [-0.4, -0.2) is 54.9 Å². The second kappa shape index (κ2) is 7.89. The highest BCUT2D eigenvalue weighted by Gasteiger charge is 2.34. The van der Waals surface area contributed by atoms with Crippen molar-refractivity contribution in [1.82, 2.24) is 14.4 Å². The van der Waals surface area contributed by atoms with Crippen LogP contribution in [0.25, 0.3) is 0 Å². The Bertz CT molecular complexity index is 831. The fraction of sp³-hybridized carbons (Fsp3) is 0.529. The Hall–Kier alpha value is -1.71. The van der Waals surface area contributed by atoms with Gasteiger partial charge in [0.15, 0.2) is 5.76 Å². The number of hydrogen-bond acceptors (Lipinski definition) is 6. The largest absolute Gasteiger partial charge is 0.360 e. The minimum absolute atomic E-state index is 0.0935. The van der Waals surface area contributed by atoms with Crippen molar-refractivity contribution in [3.63, 3.8) is 0 Å². The quantitative estimate of drug-likeness (QED) is 0.746. The summed E-state index contributed by atoms with van der Waals surface area (Å²) in [4.78, 5) is 15.5. The maximum Gasteiger partial charge on any atom is 0.248 e. The molecule has 1 saturated heterocycles. The first-order chi connectivity index (χ1) is 12.4. The molecule has 2 aromatic rings. The van der Waals surface area contributed by atoms with Crippen molar-refractivity contribution in [3.05, 3.63) is 33.8 Å². The molecule has 0 aromatic carbocycles. The summed E-state index contributed by atoms with van der Waals surface area (Å²) in [6.45, 7) is 4.64. The van der Waals surface area contributed by atoms with Crippen molar-refractivity contribution in [3.8, 4) is 0 Å². The molecule has 0 N–H and O–H groups in total. The molecule has 3 heterocycles. The molecule has 0 unspecified atom stereocenters. The van der Waals surface area contributed by atoms with Crippen LogP contribution >= 0.6 is 11.3 Å². The van der Waals surface area contributed by atoms with E-state index in [9.17, 15) is 13.2 Å². The van der Waals surface area contributed by atoms with Crippen LogP contribution in [0.5, 0.6) is 0 Å². The predicted octanol–water partition coefficient (Wildman–Crippen LogP) is 2.21. The smallest absolute Gasteiger partial charge is 0.248 e. The molecule has 0 saturated carbocycles. The number of nitrogens with zero attached hydrogens (tertiary/aromatic N) is 3. The molecule has 3 rings (SSSR count). The van der Waals surface area contributed by atoms with Crippen molar-refractivity contribution in [2.24, 2.45) is 0 Å². The normalized spacial score (nSPS) is 16.2. The minimum atomic E-state index is -3.64. The molecule has 1 aliphatic heterocycles. The van der Waals surface area contributed by atoms with E-state index in [0.717, 1.165) is 12.8 Å². The molecule has 0 bridgehead atoms. The Labute approximate surface area is 157 Å². The Morgan fingerprint density at radius 1 is 1.27 bits per heavy atom. The van der Waals surface area contributed by atoms with Gasteiger partial charge in [-0.1, -0.05) is 11.2 Å². The molecule has 0 spiro atoms. The van der Waals surface area contributed by atoms with E-state index in [1.54, 1.807) is 30.1 Å². The highest BCUT2D eigenvalue weighted by Crippen LogP contribution is 2.24. The number of carbonyl (C=O) groups excluding carboxylic acids is 1. The van der Waals surface area contributed by atoms with Crippen LogP contribution in [0.15, 0.2) is 26.9 Å². The molecule has 0 radical (unpaired) electrons. The number of aromatic nitrogens is 1. The fourth-order valence-electron chi connectivity index (χ4n) is 3.18. The van der Waals surface area contributed by atoms with E-state index < -0.39 is 10.0 Å². The standard InChI is InChI=1S/C17H23N3O4S2/c1-13-17(14(2)24-18-13)26(22,23)20-10-8-19(9-11-20)16(21)7-3-5-15-6-4-12-25-15/h4,6,12H,3,5,7-11H2,1-2H3. The van der Waals surface area contributed by atoms with Crippen LogP contribution in [0.1, 0.15) is 29.2 Å². The summed E-state index contributed by atoms with van der Waals surface area (Å²) < 4.78 is 32.0. The molecule has 2 aromatic heterocycles. The zero-order chi connectivity index (χ0) is 18.7. The van der Waals surface area contributed by atoms with Gasteiger partial charge in [-0.05, 0) is 38.1 Å². The Morgan fingerprint density at radius 2 is 2.00 bits per heavy atom. The van der Waals surface area contributed by atoms with Crippen molar-refractivity contribution < 1.29 is 17.7 Å². The van der Waals surface area contributed by atoms with Crippen molar-refractivity contribution in [2.75, 3.05) is 26.2 Å². The molecule has 0 aliphatic carbocycles. The predicted molar refractivity (Wildman–Crippen MR) is 98.6 cm³/mol. The molecular weight excluding hydrogens is 374 g/mol. The highest BCUT2D eigenvalue weighted by atomic mass is 32.2. The second-order valence-electron chi connectivity index (χ2n) is 6.37. The zero-order valence-electron chi connectivity index (χ0n) is 15.0. The first-order valence-corrected chi connectivity index (χ1v) is 10.9. The summed E-state index contributed by atoms with van der Waals surface area (Å²) in [5.74, 6) is 0.394. The SMILES string of the molecule is Cc1noc(C)c1S(=O)(=O)N1CCN(C(=O)CCCc2cccs2)CC1. The lowest BCUT2D eigenvalue weighted by Crippen LogP contribution is -2.50. The van der Waals surface area contributed by atoms with Crippen molar-refractivity contribution >= 4 is 27.3 Å². The molecule has 142 valence electrons. The van der Waals surface area contributed by atoms with Gasteiger partial charge in [0, 0.05) is 37.5 Å². The van der Waals surface area contributed by atoms with E-state index in [1.807, 2.05) is 11.4 Å². The molecule has 26 heavy (non-hydrogen) atoms. The van der Waals surface area contributed by atoms with E-state index >= 15 is 0 Å². The summed E-state index contributed by atoms with van der Waals surface area (Å²) in [5.41, 5.74) is 0.370. The molecule has 1 fully saturated rings. The van der Waals surface area contributed by atoms with Crippen LogP contribution in [-0.2, 0) is 21.2 Å². The average molecular weight is 398 g/mol. The van der Waals surface area contributed by atoms with E-state index in [2.05, 4.69) is 11.2 Å².